The first-order valence-corrected chi connectivity index (χ1v) is 45.0. The fourth-order valence-electron chi connectivity index (χ4n) is 18.6. The molecule has 0 aliphatic heterocycles. The highest BCUT2D eigenvalue weighted by Gasteiger charge is 2.26. The van der Waals surface area contributed by atoms with E-state index in [2.05, 4.69) is 439 Å². The molecule has 6 aromatic heterocycles. The van der Waals surface area contributed by atoms with Crippen LogP contribution in [0.4, 0.5) is 51.2 Å². The van der Waals surface area contributed by atoms with Gasteiger partial charge in [-0.05, 0) is 244 Å². The summed E-state index contributed by atoms with van der Waals surface area (Å²) in [6.07, 6.45) is 8.00. The molecule has 590 valence electrons. The molecule has 126 heavy (non-hydrogen) atoms. The molecule has 0 saturated carbocycles. The van der Waals surface area contributed by atoms with Gasteiger partial charge in [-0.2, -0.15) is 0 Å². The van der Waals surface area contributed by atoms with Gasteiger partial charge in [-0.3, -0.25) is 9.97 Å². The van der Waals surface area contributed by atoms with E-state index in [1.165, 1.54) is 101 Å². The lowest BCUT2D eigenvalue weighted by Crippen LogP contribution is -2.10. The lowest BCUT2D eigenvalue weighted by atomic mass is 9.96. The van der Waals surface area contributed by atoms with Crippen molar-refractivity contribution in [3.8, 4) is 89.1 Å². The fraction of sp³-hybridized carbons (Fsp3) is 0. The predicted molar refractivity (Wildman–Crippen MR) is 539 cm³/mol. The Bertz CT molecular complexity index is 8340. The molecule has 0 fully saturated rings. The molecule has 24 aromatic rings. The second-order valence-electron chi connectivity index (χ2n) is 32.2. The van der Waals surface area contributed by atoms with E-state index in [-0.39, 0.29) is 0 Å². The third-order valence-electron chi connectivity index (χ3n) is 24.8. The van der Waals surface area contributed by atoms with Crippen LogP contribution in [0.1, 0.15) is 0 Å². The quantitative estimate of drug-likeness (QED) is 0.0905. The number of nitrogens with zero attached hydrogens (tertiary/aromatic N) is 6. The molecule has 0 unspecified atom stereocenters. The van der Waals surface area contributed by atoms with Crippen LogP contribution in [0.3, 0.4) is 0 Å². The maximum atomic E-state index is 5.28. The average Bonchev–Trinajstić information content (AvgIpc) is 1.58. The first-order valence-electron chi connectivity index (χ1n) is 42.5. The van der Waals surface area contributed by atoms with Crippen molar-refractivity contribution < 1.29 is 0 Å². The van der Waals surface area contributed by atoms with Gasteiger partial charge in [0, 0.05) is 100.0 Å². The Labute approximate surface area is 740 Å². The Hall–Kier alpha value is -15.8. The van der Waals surface area contributed by atoms with Gasteiger partial charge in [-0.25, -0.2) is 4.98 Å². The Balaban J connectivity index is 0.574. The molecule has 0 bridgehead atoms. The van der Waals surface area contributed by atoms with Crippen LogP contribution < -0.4 is 14.7 Å². The van der Waals surface area contributed by atoms with Crippen LogP contribution in [-0.4, -0.2) is 15.0 Å². The van der Waals surface area contributed by atoms with Gasteiger partial charge in [-0.1, -0.05) is 291 Å². The van der Waals surface area contributed by atoms with Gasteiger partial charge in [0.1, 0.15) is 4.83 Å². The van der Waals surface area contributed by atoms with E-state index in [4.69, 9.17) is 15.0 Å². The molecule has 9 heteroatoms. The van der Waals surface area contributed by atoms with E-state index in [1.807, 2.05) is 47.5 Å². The number of aromatic nitrogens is 3. The number of fused-ring (bicyclic) bond motifs is 12. The molecule has 0 spiro atoms. The molecule has 0 atom stereocenters. The normalized spacial score (nSPS) is 11.7. The van der Waals surface area contributed by atoms with Gasteiger partial charge in [-0.15, -0.1) is 34.0 Å². The number of rotatable bonds is 17. The molecule has 0 aliphatic carbocycles. The molecule has 24 rings (SSSR count). The van der Waals surface area contributed by atoms with Crippen molar-refractivity contribution in [1.82, 2.24) is 15.0 Å². The summed E-state index contributed by atoms with van der Waals surface area (Å²) >= 11 is 5.40. The first-order chi connectivity index (χ1) is 62.4. The number of hydrogen-bond acceptors (Lipinski definition) is 9. The summed E-state index contributed by atoms with van der Waals surface area (Å²) in [4.78, 5) is 23.6. The zero-order valence-corrected chi connectivity index (χ0v) is 70.6. The molecular formula is C117H74N6S3. The Morgan fingerprint density at radius 1 is 0.198 bits per heavy atom. The Morgan fingerprint density at radius 2 is 0.548 bits per heavy atom. The SMILES string of the molecule is c1ccc(-c2ccc(N(c3ccc4cc(-c5ccccc5)ccc4c3)c3cccc4c3sc3ccnc(-c5cccc(-c6ccc(N(c7ccc8cc(-c9ccccc9)ccc8c7)c7cccc8c7sc7nccc(-c9cccc(-c%10ccc(N(c%11ccc%12cc(-c%13ccccc%13)ccc%12c%11)c%11cncc%12c%11sc%11ccccc%11%12)cc%10)c9)c78)cc6)c5)c34)cc2)cc1. The van der Waals surface area contributed by atoms with Crippen LogP contribution in [-0.2, 0) is 0 Å². The van der Waals surface area contributed by atoms with E-state index in [0.29, 0.717) is 0 Å². The lowest BCUT2D eigenvalue weighted by Gasteiger charge is -2.27. The van der Waals surface area contributed by atoms with Crippen LogP contribution in [0.15, 0.2) is 449 Å². The molecule has 6 nitrogen and oxygen atoms in total. The molecule has 6 heterocycles. The second-order valence-corrected chi connectivity index (χ2v) is 35.3. The summed E-state index contributed by atoms with van der Waals surface area (Å²) < 4.78 is 5.95. The van der Waals surface area contributed by atoms with Crippen LogP contribution in [0.2, 0.25) is 0 Å². The molecule has 0 aliphatic rings. The van der Waals surface area contributed by atoms with Crippen molar-refractivity contribution in [2.45, 2.75) is 0 Å². The highest BCUT2D eigenvalue weighted by molar-refractivity contribution is 7.27. The number of hydrogen-bond donors (Lipinski definition) is 0. The molecule has 18 aromatic carbocycles. The van der Waals surface area contributed by atoms with Crippen LogP contribution in [0.5, 0.6) is 0 Å². The van der Waals surface area contributed by atoms with Crippen molar-refractivity contribution in [3.63, 3.8) is 0 Å². The standard InChI is InChI=1S/C117H74N6S3/c1-5-19-75(20-6-1)79-43-52-95(53-44-79)121(98-58-49-87-65-84(37-40-90(87)70-98)76-21-7-2-8-22-76)106-34-18-33-104-112-110(125-114(104)106)62-64-119-113(112)94-30-16-28-83(69-94)81-45-54-96(55-46-81)122(99-59-50-88-66-85(38-41-91(88)71-99)77-23-9-3-10-24-77)107-35-17-32-103-111-101(61-63-120-117(111)126-115(103)107)93-29-15-27-82(68-93)80-47-56-97(57-48-80)123(108-74-118-73-105-102-31-13-14-36-109(102)124-116(105)108)100-60-51-89-67-86(39-42-92(89)72-100)78-25-11-4-12-26-78/h1-74H. The number of benzene rings is 18. The number of anilines is 9. The molecule has 0 N–H and O–H groups in total. The van der Waals surface area contributed by atoms with E-state index < -0.39 is 0 Å². The smallest absolute Gasteiger partial charge is 0.125 e. The van der Waals surface area contributed by atoms with E-state index in [9.17, 15) is 0 Å². The summed E-state index contributed by atoms with van der Waals surface area (Å²) in [5, 5.41) is 14.0. The minimum Gasteiger partial charge on any atom is -0.309 e. The summed E-state index contributed by atoms with van der Waals surface area (Å²) in [6, 6.07) is 155. The molecule has 0 radical (unpaired) electrons. The Kier molecular flexibility index (Phi) is 18.4. The van der Waals surface area contributed by atoms with Crippen molar-refractivity contribution in [2.24, 2.45) is 0 Å². The van der Waals surface area contributed by atoms with Crippen molar-refractivity contribution in [1.29, 1.82) is 0 Å². The zero-order chi connectivity index (χ0) is 83.1. The minimum absolute atomic E-state index is 0.952. The van der Waals surface area contributed by atoms with Crippen molar-refractivity contribution in [2.75, 3.05) is 14.7 Å². The van der Waals surface area contributed by atoms with E-state index in [1.54, 1.807) is 11.3 Å². The zero-order valence-electron chi connectivity index (χ0n) is 68.1. The largest absolute Gasteiger partial charge is 0.309 e. The van der Waals surface area contributed by atoms with Gasteiger partial charge in [0.2, 0.25) is 0 Å². The topological polar surface area (TPSA) is 48.4 Å². The van der Waals surface area contributed by atoms with Crippen LogP contribution in [0.25, 0.3) is 182 Å². The summed E-state index contributed by atoms with van der Waals surface area (Å²) in [6.45, 7) is 0. The van der Waals surface area contributed by atoms with Crippen molar-refractivity contribution >= 4 is 178 Å². The van der Waals surface area contributed by atoms with Crippen LogP contribution >= 0.6 is 34.0 Å². The van der Waals surface area contributed by atoms with Crippen molar-refractivity contribution in [3.05, 3.63) is 449 Å². The summed E-state index contributed by atoms with van der Waals surface area (Å²) in [5.74, 6) is 0. The van der Waals surface area contributed by atoms with Gasteiger partial charge in [0.05, 0.1) is 43.1 Å². The fourth-order valence-corrected chi connectivity index (χ4v) is 22.2. The Morgan fingerprint density at radius 3 is 1.07 bits per heavy atom. The van der Waals surface area contributed by atoms with Crippen LogP contribution in [0, 0.1) is 0 Å². The first kappa shape index (κ1) is 74.1. The maximum absolute atomic E-state index is 5.28. The predicted octanol–water partition coefficient (Wildman–Crippen LogP) is 34.2. The molecular weight excluding hydrogens is 1590 g/mol. The highest BCUT2D eigenvalue weighted by Crippen LogP contribution is 2.52. The van der Waals surface area contributed by atoms with E-state index >= 15 is 0 Å². The van der Waals surface area contributed by atoms with Gasteiger partial charge in [0.25, 0.3) is 0 Å². The van der Waals surface area contributed by atoms with Gasteiger partial charge >= 0.3 is 0 Å². The van der Waals surface area contributed by atoms with Gasteiger partial charge < -0.3 is 14.7 Å². The third kappa shape index (κ3) is 13.4. The summed E-state index contributed by atoms with van der Waals surface area (Å²) in [7, 11) is 0. The number of pyridine rings is 3. The molecule has 0 amide bonds. The monoisotopic (exact) mass is 1660 g/mol. The maximum Gasteiger partial charge on any atom is 0.125 e. The average molecular weight is 1660 g/mol. The second kappa shape index (κ2) is 31.3. The highest BCUT2D eigenvalue weighted by atomic mass is 32.1. The minimum atomic E-state index is 0.952. The third-order valence-corrected chi connectivity index (χ3v) is 28.3. The van der Waals surface area contributed by atoms with Gasteiger partial charge in [0.15, 0.2) is 0 Å². The van der Waals surface area contributed by atoms with E-state index in [0.717, 1.165) is 132 Å². The number of thiophene rings is 3. The summed E-state index contributed by atoms with van der Waals surface area (Å²) in [5.41, 5.74) is 27.8. The lowest BCUT2D eigenvalue weighted by molar-refractivity contribution is 1.26. The molecule has 0 saturated heterocycles.